The van der Waals surface area contributed by atoms with E-state index < -0.39 is 16.6 Å². The average molecular weight is 537 g/mol. The Balaban J connectivity index is 1.89. The maximum absolute atomic E-state index is 12.5. The summed E-state index contributed by atoms with van der Waals surface area (Å²) in [5.41, 5.74) is 7.40. The number of likely N-dealkylation sites (tertiary alicyclic amines) is 1. The molecule has 14 heteroatoms. The zero-order valence-electron chi connectivity index (χ0n) is 21.0. The van der Waals surface area contributed by atoms with Gasteiger partial charge < -0.3 is 20.1 Å². The molecule has 0 spiro atoms. The normalized spacial score (nSPS) is 13.5. The number of hydrogen-bond donors (Lipinski definition) is 1. The second kappa shape index (κ2) is 14.5. The lowest BCUT2D eigenvalue weighted by Crippen LogP contribution is -2.32. The van der Waals surface area contributed by atoms with Crippen molar-refractivity contribution in [1.82, 2.24) is 14.9 Å². The Morgan fingerprint density at radius 1 is 1.27 bits per heavy atom. The van der Waals surface area contributed by atoms with E-state index in [1.807, 2.05) is 24.3 Å². The number of nitrogen functional groups attached to an aromatic ring is 1. The molecule has 2 heterocycles. The molecule has 1 aliphatic rings. The molecule has 0 saturated carbocycles. The number of nitrogens with two attached hydrogens (primary N) is 1. The quantitative estimate of drug-likeness (QED) is 0.0886. The second-order valence-electron chi connectivity index (χ2n) is 8.19. The van der Waals surface area contributed by atoms with E-state index in [1.54, 1.807) is 6.92 Å². The van der Waals surface area contributed by atoms with Gasteiger partial charge in [-0.3, -0.25) is 19.8 Å². The van der Waals surface area contributed by atoms with Gasteiger partial charge in [-0.1, -0.05) is 24.3 Å². The van der Waals surface area contributed by atoms with Crippen molar-refractivity contribution in [2.24, 2.45) is 0 Å². The fraction of sp³-hybridized carbons (Fsp3) is 0.522. The minimum atomic E-state index is -0.668. The zero-order valence-corrected chi connectivity index (χ0v) is 21.8. The van der Waals surface area contributed by atoms with Crippen molar-refractivity contribution in [3.05, 3.63) is 45.5 Å². The Morgan fingerprint density at radius 3 is 2.73 bits per heavy atom. The summed E-state index contributed by atoms with van der Waals surface area (Å²) >= 11 is 1.01. The predicted molar refractivity (Wildman–Crippen MR) is 138 cm³/mol. The van der Waals surface area contributed by atoms with Crippen LogP contribution in [-0.4, -0.2) is 71.5 Å². The van der Waals surface area contributed by atoms with Crippen LogP contribution in [0.2, 0.25) is 0 Å². The van der Waals surface area contributed by atoms with Crippen molar-refractivity contribution in [2.75, 3.05) is 56.3 Å². The lowest BCUT2D eigenvalue weighted by Gasteiger charge is -2.24. The molecule has 13 nitrogen and oxygen atoms in total. The molecule has 202 valence electrons. The number of esters is 1. The lowest BCUT2D eigenvalue weighted by molar-refractivity contribution is -0.383. The molecule has 1 aliphatic heterocycles. The summed E-state index contributed by atoms with van der Waals surface area (Å²) in [4.78, 5) is 40.2. The van der Waals surface area contributed by atoms with Crippen molar-refractivity contribution in [1.29, 1.82) is 0 Å². The van der Waals surface area contributed by atoms with Crippen LogP contribution in [0.1, 0.15) is 30.9 Å². The first-order valence-corrected chi connectivity index (χ1v) is 12.8. The molecule has 0 amide bonds. The first-order chi connectivity index (χ1) is 17.9. The van der Waals surface area contributed by atoms with Gasteiger partial charge in [0.1, 0.15) is 13.2 Å². The van der Waals surface area contributed by atoms with E-state index in [4.69, 9.17) is 19.5 Å². The van der Waals surface area contributed by atoms with Crippen LogP contribution in [-0.2, 0) is 31.8 Å². The van der Waals surface area contributed by atoms with Crippen molar-refractivity contribution in [3.8, 4) is 6.01 Å². The van der Waals surface area contributed by atoms with Crippen LogP contribution in [0.4, 0.5) is 17.3 Å². The molecule has 37 heavy (non-hydrogen) atoms. The SMILES string of the molecule is CCOC(=O)CN(Cc1cccc(CN2CCCC2)c1)c1nc(OCCSOOC)nc(N)c1[N+](=O)[O-]. The van der Waals surface area contributed by atoms with Crippen molar-refractivity contribution in [2.45, 2.75) is 32.9 Å². The molecule has 0 unspecified atom stereocenters. The summed E-state index contributed by atoms with van der Waals surface area (Å²) < 4.78 is 15.4. The number of carbonyl (C=O) groups excluding carboxylic acids is 1. The number of nitro groups is 1. The van der Waals surface area contributed by atoms with Crippen molar-refractivity contribution < 1.29 is 28.4 Å². The zero-order chi connectivity index (χ0) is 26.6. The summed E-state index contributed by atoms with van der Waals surface area (Å²) in [6.45, 7) is 4.79. The molecule has 3 rings (SSSR count). The number of rotatable bonds is 15. The first-order valence-electron chi connectivity index (χ1n) is 11.9. The second-order valence-corrected chi connectivity index (χ2v) is 8.97. The lowest BCUT2D eigenvalue weighted by atomic mass is 10.1. The van der Waals surface area contributed by atoms with Crippen LogP contribution in [0, 0.1) is 10.1 Å². The molecule has 2 aromatic rings. The highest BCUT2D eigenvalue weighted by atomic mass is 32.2. The van der Waals surface area contributed by atoms with E-state index in [0.29, 0.717) is 5.75 Å². The monoisotopic (exact) mass is 536 g/mol. The maximum atomic E-state index is 12.5. The number of ether oxygens (including phenoxy) is 2. The van der Waals surface area contributed by atoms with Gasteiger partial charge >= 0.3 is 17.7 Å². The van der Waals surface area contributed by atoms with E-state index >= 15 is 0 Å². The van der Waals surface area contributed by atoms with Gasteiger partial charge in [0.15, 0.2) is 0 Å². The standard InChI is InChI=1S/C23H32N6O7S/c1-3-34-19(30)16-28(15-18-8-6-7-17(13-18)14-27-9-4-5-10-27)22-20(29(31)32)21(24)25-23(26-22)35-11-12-37-36-33-2/h6-8,13H,3-5,9-12,14-16H2,1-2H3,(H2,24,25,26). The summed E-state index contributed by atoms with van der Waals surface area (Å²) in [5, 5.41) is 11.9. The van der Waals surface area contributed by atoms with Crippen LogP contribution in [0.15, 0.2) is 24.3 Å². The van der Waals surface area contributed by atoms with Crippen LogP contribution in [0.3, 0.4) is 0 Å². The van der Waals surface area contributed by atoms with E-state index in [0.717, 1.165) is 42.8 Å². The number of benzene rings is 1. The molecule has 2 N–H and O–H groups in total. The van der Waals surface area contributed by atoms with E-state index in [2.05, 4.69) is 19.8 Å². The third-order valence-corrected chi connectivity index (χ3v) is 6.03. The molecule has 1 fully saturated rings. The van der Waals surface area contributed by atoms with Crippen LogP contribution < -0.4 is 15.4 Å². The van der Waals surface area contributed by atoms with Crippen LogP contribution >= 0.6 is 12.0 Å². The third-order valence-electron chi connectivity index (χ3n) is 5.46. The van der Waals surface area contributed by atoms with Crippen molar-refractivity contribution >= 4 is 35.3 Å². The Bertz CT molecular complexity index is 1050. The summed E-state index contributed by atoms with van der Waals surface area (Å²) in [7, 11) is 1.38. The van der Waals surface area contributed by atoms with Gasteiger partial charge in [-0.15, -0.1) is 0 Å². The topological polar surface area (TPSA) is 155 Å². The van der Waals surface area contributed by atoms with E-state index in [9.17, 15) is 14.9 Å². The largest absolute Gasteiger partial charge is 0.465 e. The highest BCUT2D eigenvalue weighted by Gasteiger charge is 2.29. The van der Waals surface area contributed by atoms with Gasteiger partial charge in [0, 0.05) is 25.1 Å². The fourth-order valence-electron chi connectivity index (χ4n) is 3.96. The van der Waals surface area contributed by atoms with Gasteiger partial charge in [0.05, 0.1) is 24.4 Å². The Hall–Kier alpha value is -3.20. The number of hydrogen-bond acceptors (Lipinski definition) is 13. The van der Waals surface area contributed by atoms with Gasteiger partial charge in [-0.05, 0) is 44.0 Å². The Kier molecular flexibility index (Phi) is 11.1. The highest BCUT2D eigenvalue weighted by Crippen LogP contribution is 2.33. The first kappa shape index (κ1) is 28.4. The number of carbonyl (C=O) groups is 1. The van der Waals surface area contributed by atoms with Gasteiger partial charge in [-0.2, -0.15) is 14.3 Å². The predicted octanol–water partition coefficient (Wildman–Crippen LogP) is 2.74. The van der Waals surface area contributed by atoms with Crippen LogP contribution in [0.5, 0.6) is 6.01 Å². The van der Waals surface area contributed by atoms with E-state index in [-0.39, 0.29) is 43.9 Å². The number of anilines is 2. The summed E-state index contributed by atoms with van der Waals surface area (Å²) in [6, 6.07) is 7.73. The number of nitrogens with zero attached hydrogens (tertiary/aromatic N) is 5. The molecule has 0 radical (unpaired) electrons. The molecule has 1 saturated heterocycles. The molecule has 1 aromatic carbocycles. The molecule has 0 bridgehead atoms. The summed E-state index contributed by atoms with van der Waals surface area (Å²) in [5.74, 6) is -0.689. The minimum Gasteiger partial charge on any atom is -0.465 e. The molecule has 0 atom stereocenters. The fourth-order valence-corrected chi connectivity index (χ4v) is 4.28. The molecule has 0 aliphatic carbocycles. The minimum absolute atomic E-state index is 0.126. The maximum Gasteiger partial charge on any atom is 0.353 e. The van der Waals surface area contributed by atoms with Crippen molar-refractivity contribution in [3.63, 3.8) is 0 Å². The Morgan fingerprint density at radius 2 is 2.03 bits per heavy atom. The molecule has 1 aromatic heterocycles. The van der Waals surface area contributed by atoms with Gasteiger partial charge in [0.2, 0.25) is 11.6 Å². The average Bonchev–Trinajstić information content (AvgIpc) is 3.36. The van der Waals surface area contributed by atoms with E-state index in [1.165, 1.54) is 24.9 Å². The molecular formula is C23H32N6O7S. The smallest absolute Gasteiger partial charge is 0.353 e. The highest BCUT2D eigenvalue weighted by molar-refractivity contribution is 7.94. The van der Waals surface area contributed by atoms with Gasteiger partial charge in [-0.25, -0.2) is 4.89 Å². The van der Waals surface area contributed by atoms with Gasteiger partial charge in [0.25, 0.3) is 0 Å². The molecular weight excluding hydrogens is 504 g/mol. The summed E-state index contributed by atoms with van der Waals surface area (Å²) in [6.07, 6.45) is 2.38. The third kappa shape index (κ3) is 8.70. The number of aromatic nitrogens is 2. The Labute approximate surface area is 219 Å². The van der Waals surface area contributed by atoms with Crippen LogP contribution in [0.25, 0.3) is 0 Å².